The lowest BCUT2D eigenvalue weighted by Gasteiger charge is -2.18. The maximum Gasteiger partial charge on any atom is 0.169 e. The van der Waals surface area contributed by atoms with E-state index in [-0.39, 0.29) is 11.6 Å². The van der Waals surface area contributed by atoms with Crippen molar-refractivity contribution < 1.29 is 9.50 Å². The van der Waals surface area contributed by atoms with Gasteiger partial charge in [-0.3, -0.25) is 0 Å². The van der Waals surface area contributed by atoms with Crippen molar-refractivity contribution in [2.45, 2.75) is 26.0 Å². The number of nitrogens with one attached hydrogen (secondary N) is 2. The quantitative estimate of drug-likeness (QED) is 0.705. The van der Waals surface area contributed by atoms with Crippen LogP contribution in [0.3, 0.4) is 0 Å². The topological polar surface area (TPSA) is 57.2 Å². The highest BCUT2D eigenvalue weighted by Crippen LogP contribution is 2.14. The molecule has 3 N–H and O–H groups in total. The summed E-state index contributed by atoms with van der Waals surface area (Å²) in [7, 11) is 1.62. The fraction of sp³-hybridized carbons (Fsp3) is 0.545. The van der Waals surface area contributed by atoms with Crippen LogP contribution in [-0.2, 0) is 6.54 Å². The molecule has 0 saturated heterocycles. The number of halogens is 1. The highest BCUT2D eigenvalue weighted by molar-refractivity contribution is 5.38. The van der Waals surface area contributed by atoms with Gasteiger partial charge < -0.3 is 15.7 Å². The number of rotatable bonds is 5. The summed E-state index contributed by atoms with van der Waals surface area (Å²) in [5.74, 6) is -0.115. The van der Waals surface area contributed by atoms with E-state index in [9.17, 15) is 9.50 Å². The van der Waals surface area contributed by atoms with Crippen LogP contribution >= 0.6 is 0 Å². The van der Waals surface area contributed by atoms with Gasteiger partial charge in [-0.1, -0.05) is 0 Å². The zero-order valence-corrected chi connectivity index (χ0v) is 9.84. The largest absolute Gasteiger partial charge is 0.389 e. The number of hydrogen-bond acceptors (Lipinski definition) is 4. The average Bonchev–Trinajstić information content (AvgIpc) is 2.19. The van der Waals surface area contributed by atoms with Crippen LogP contribution < -0.4 is 10.6 Å². The molecule has 1 heterocycles. The van der Waals surface area contributed by atoms with E-state index in [0.717, 1.165) is 0 Å². The van der Waals surface area contributed by atoms with E-state index < -0.39 is 5.60 Å². The van der Waals surface area contributed by atoms with E-state index in [1.54, 1.807) is 33.2 Å². The Kier molecular flexibility index (Phi) is 4.20. The van der Waals surface area contributed by atoms with Crippen LogP contribution in [0.4, 0.5) is 10.2 Å². The molecule has 90 valence electrons. The minimum atomic E-state index is -0.796. The number of nitrogens with zero attached hydrogens (tertiary/aromatic N) is 1. The zero-order valence-electron chi connectivity index (χ0n) is 9.84. The Morgan fingerprint density at radius 3 is 2.75 bits per heavy atom. The molecule has 1 rings (SSSR count). The van der Waals surface area contributed by atoms with Crippen molar-refractivity contribution in [3.63, 3.8) is 0 Å². The van der Waals surface area contributed by atoms with Crippen molar-refractivity contribution in [3.05, 3.63) is 23.6 Å². The number of anilines is 1. The van der Waals surface area contributed by atoms with Gasteiger partial charge in [0, 0.05) is 31.9 Å². The molecule has 0 spiro atoms. The molecule has 0 aliphatic heterocycles. The molecule has 0 aromatic carbocycles. The first-order valence-electron chi connectivity index (χ1n) is 5.18. The average molecular weight is 227 g/mol. The van der Waals surface area contributed by atoms with Crippen LogP contribution in [0.15, 0.2) is 12.3 Å². The van der Waals surface area contributed by atoms with E-state index in [0.29, 0.717) is 18.7 Å². The van der Waals surface area contributed by atoms with Crippen LogP contribution in [0.1, 0.15) is 19.4 Å². The lowest BCUT2D eigenvalue weighted by molar-refractivity contribution is 0.0794. The van der Waals surface area contributed by atoms with Gasteiger partial charge in [-0.25, -0.2) is 9.37 Å². The SMILES string of the molecule is CNc1nccc(CNCC(C)(C)O)c1F. The van der Waals surface area contributed by atoms with Crippen molar-refractivity contribution in [2.75, 3.05) is 18.9 Å². The molecule has 0 saturated carbocycles. The second-order valence-corrected chi connectivity index (χ2v) is 4.30. The second kappa shape index (κ2) is 5.23. The van der Waals surface area contributed by atoms with Crippen LogP contribution in [-0.4, -0.2) is 29.3 Å². The first kappa shape index (κ1) is 12.9. The van der Waals surface area contributed by atoms with Gasteiger partial charge in [0.15, 0.2) is 11.6 Å². The van der Waals surface area contributed by atoms with Crippen molar-refractivity contribution in [1.82, 2.24) is 10.3 Å². The molecule has 0 radical (unpaired) electrons. The lowest BCUT2D eigenvalue weighted by Crippen LogP contribution is -2.34. The summed E-state index contributed by atoms with van der Waals surface area (Å²) >= 11 is 0. The fourth-order valence-corrected chi connectivity index (χ4v) is 1.30. The number of aliphatic hydroxyl groups is 1. The van der Waals surface area contributed by atoms with Gasteiger partial charge >= 0.3 is 0 Å². The van der Waals surface area contributed by atoms with Crippen molar-refractivity contribution >= 4 is 5.82 Å². The van der Waals surface area contributed by atoms with Gasteiger partial charge in [0.2, 0.25) is 0 Å². The lowest BCUT2D eigenvalue weighted by atomic mass is 10.1. The minimum Gasteiger partial charge on any atom is -0.389 e. The Hall–Kier alpha value is -1.20. The summed E-state index contributed by atoms with van der Waals surface area (Å²) < 4.78 is 13.7. The molecule has 16 heavy (non-hydrogen) atoms. The van der Waals surface area contributed by atoms with Gasteiger partial charge in [0.05, 0.1) is 5.60 Å². The Morgan fingerprint density at radius 1 is 1.50 bits per heavy atom. The third kappa shape index (κ3) is 3.75. The van der Waals surface area contributed by atoms with E-state index in [1.165, 1.54) is 0 Å². The van der Waals surface area contributed by atoms with Gasteiger partial charge in [0.1, 0.15) is 0 Å². The maximum absolute atomic E-state index is 13.7. The highest BCUT2D eigenvalue weighted by atomic mass is 19.1. The summed E-state index contributed by atoms with van der Waals surface area (Å²) in [4.78, 5) is 3.85. The summed E-state index contributed by atoms with van der Waals surface area (Å²) in [6, 6.07) is 1.62. The molecule has 0 atom stereocenters. The number of pyridine rings is 1. The van der Waals surface area contributed by atoms with Crippen molar-refractivity contribution in [2.24, 2.45) is 0 Å². The van der Waals surface area contributed by atoms with Gasteiger partial charge in [-0.05, 0) is 19.9 Å². The molecule has 5 heteroatoms. The third-order valence-corrected chi connectivity index (χ3v) is 2.08. The molecule has 0 aliphatic carbocycles. The first-order chi connectivity index (χ1) is 7.44. The third-order valence-electron chi connectivity index (χ3n) is 2.08. The van der Waals surface area contributed by atoms with E-state index in [4.69, 9.17) is 0 Å². The van der Waals surface area contributed by atoms with E-state index in [2.05, 4.69) is 15.6 Å². The number of hydrogen-bond donors (Lipinski definition) is 3. The standard InChI is InChI=1S/C11H18FN3O/c1-11(2,16)7-14-6-8-4-5-15-10(13-3)9(8)12/h4-5,14,16H,6-7H2,1-3H3,(H,13,15). The van der Waals surface area contributed by atoms with Crippen molar-refractivity contribution in [1.29, 1.82) is 0 Å². The Morgan fingerprint density at radius 2 is 2.19 bits per heavy atom. The Labute approximate surface area is 94.9 Å². The maximum atomic E-state index is 13.7. The van der Waals surface area contributed by atoms with E-state index >= 15 is 0 Å². The normalized spacial score (nSPS) is 11.6. The Bertz CT molecular complexity index is 350. The molecule has 0 unspecified atom stereocenters. The van der Waals surface area contributed by atoms with Gasteiger partial charge in [-0.15, -0.1) is 0 Å². The molecule has 0 fully saturated rings. The monoisotopic (exact) mass is 227 g/mol. The Balaban J connectivity index is 2.61. The highest BCUT2D eigenvalue weighted by Gasteiger charge is 2.13. The molecule has 4 nitrogen and oxygen atoms in total. The molecule has 0 bridgehead atoms. The summed E-state index contributed by atoms with van der Waals surface area (Å²) in [5, 5.41) is 15.2. The first-order valence-corrected chi connectivity index (χ1v) is 5.18. The molecule has 1 aromatic heterocycles. The molecule has 0 amide bonds. The van der Waals surface area contributed by atoms with Crippen LogP contribution in [0, 0.1) is 5.82 Å². The summed E-state index contributed by atoms with van der Waals surface area (Å²) in [6.07, 6.45) is 1.55. The van der Waals surface area contributed by atoms with Crippen LogP contribution in [0.2, 0.25) is 0 Å². The summed E-state index contributed by atoms with van der Waals surface area (Å²) in [6.45, 7) is 4.17. The number of aromatic nitrogens is 1. The second-order valence-electron chi connectivity index (χ2n) is 4.30. The van der Waals surface area contributed by atoms with Gasteiger partial charge in [-0.2, -0.15) is 0 Å². The van der Waals surface area contributed by atoms with E-state index in [1.807, 2.05) is 0 Å². The van der Waals surface area contributed by atoms with Gasteiger partial charge in [0.25, 0.3) is 0 Å². The predicted octanol–water partition coefficient (Wildman–Crippen LogP) is 1.12. The molecule has 0 aliphatic rings. The van der Waals surface area contributed by atoms with Crippen LogP contribution in [0.5, 0.6) is 0 Å². The van der Waals surface area contributed by atoms with Crippen LogP contribution in [0.25, 0.3) is 0 Å². The smallest absolute Gasteiger partial charge is 0.169 e. The summed E-state index contributed by atoms with van der Waals surface area (Å²) in [5.41, 5.74) is -0.265. The fourth-order valence-electron chi connectivity index (χ4n) is 1.30. The predicted molar refractivity (Wildman–Crippen MR) is 61.7 cm³/mol. The van der Waals surface area contributed by atoms with Crippen molar-refractivity contribution in [3.8, 4) is 0 Å². The molecular weight excluding hydrogens is 209 g/mol. The zero-order chi connectivity index (χ0) is 12.2. The minimum absolute atomic E-state index is 0.238. The molecule has 1 aromatic rings. The molecular formula is C11H18FN3O.